The topological polar surface area (TPSA) is 4.93 Å². The number of aromatic nitrogens is 1. The van der Waals surface area contributed by atoms with E-state index in [1.54, 1.807) is 0 Å². The monoisotopic (exact) mass is 773 g/mol. The van der Waals surface area contributed by atoms with E-state index < -0.39 is 0 Å². The zero-order valence-electron chi connectivity index (χ0n) is 34.6. The van der Waals surface area contributed by atoms with Gasteiger partial charge in [-0.05, 0) is 88.5 Å². The second-order valence-electron chi connectivity index (χ2n) is 18.3. The van der Waals surface area contributed by atoms with Crippen LogP contribution in [0.15, 0.2) is 194 Å². The Labute approximate surface area is 358 Å². The lowest BCUT2D eigenvalue weighted by atomic mass is 9.29. The molecular weight excluding hydrogens is 732 g/mol. The van der Waals surface area contributed by atoms with Crippen LogP contribution in [-0.4, -0.2) is 18.0 Å². The lowest BCUT2D eigenvalue weighted by Crippen LogP contribution is -2.64. The lowest BCUT2D eigenvalue weighted by Gasteiger charge is -2.39. The number of rotatable bonds is 4. The summed E-state index contributed by atoms with van der Waals surface area (Å²) < 4.78 is 2.72. The van der Waals surface area contributed by atoms with Gasteiger partial charge in [0.2, 0.25) is 13.4 Å². The normalized spacial score (nSPS) is 13.1. The van der Waals surface area contributed by atoms with Crippen LogP contribution in [0.1, 0.15) is 26.3 Å². The number of nitrogens with zero attached hydrogens (tertiary/aromatic N) is 1. The van der Waals surface area contributed by atoms with Crippen molar-refractivity contribution in [3.8, 4) is 61.3 Å². The summed E-state index contributed by atoms with van der Waals surface area (Å²) in [6, 6.07) is 73.5. The maximum absolute atomic E-state index is 2.72. The van der Waals surface area contributed by atoms with E-state index in [9.17, 15) is 0 Å². The second-order valence-corrected chi connectivity index (χ2v) is 18.3. The quantitative estimate of drug-likeness (QED) is 0.157. The average molecular weight is 774 g/mol. The minimum absolute atomic E-state index is 0.00877. The van der Waals surface area contributed by atoms with Crippen LogP contribution in [0.5, 0.6) is 0 Å². The fourth-order valence-electron chi connectivity index (χ4n) is 11.7. The predicted molar refractivity (Wildman–Crippen MR) is 262 cm³/mol. The van der Waals surface area contributed by atoms with Crippen molar-refractivity contribution in [2.24, 2.45) is 0 Å². The molecule has 0 atom stereocenters. The Hall–Kier alpha value is -7.09. The van der Waals surface area contributed by atoms with Gasteiger partial charge in [-0.1, -0.05) is 226 Å². The van der Waals surface area contributed by atoms with Crippen molar-refractivity contribution < 1.29 is 0 Å². The van der Waals surface area contributed by atoms with Crippen LogP contribution in [0.3, 0.4) is 0 Å². The molecule has 1 aromatic heterocycles. The molecule has 10 aromatic rings. The van der Waals surface area contributed by atoms with Crippen molar-refractivity contribution in [1.29, 1.82) is 0 Å². The summed E-state index contributed by atoms with van der Waals surface area (Å²) in [6.07, 6.45) is 0. The molecule has 9 aromatic carbocycles. The van der Waals surface area contributed by atoms with Gasteiger partial charge < -0.3 is 4.57 Å². The molecule has 3 heteroatoms. The number of hydrogen-bond acceptors (Lipinski definition) is 0. The molecule has 0 unspecified atom stereocenters. The van der Waals surface area contributed by atoms with Crippen LogP contribution in [0.4, 0.5) is 0 Å². The smallest absolute Gasteiger partial charge is 0.249 e. The molecule has 0 aliphatic carbocycles. The molecular formula is C58H41B2N. The van der Waals surface area contributed by atoms with E-state index in [0.717, 1.165) is 0 Å². The van der Waals surface area contributed by atoms with Gasteiger partial charge in [0.1, 0.15) is 0 Å². The Morgan fingerprint density at radius 3 is 1.31 bits per heavy atom. The van der Waals surface area contributed by atoms with Gasteiger partial charge in [-0.3, -0.25) is 0 Å². The molecule has 0 saturated heterocycles. The molecule has 0 amide bonds. The zero-order valence-corrected chi connectivity index (χ0v) is 34.6. The van der Waals surface area contributed by atoms with E-state index in [4.69, 9.17) is 0 Å². The molecule has 0 N–H and O–H groups in total. The second kappa shape index (κ2) is 12.7. The van der Waals surface area contributed by atoms with Crippen LogP contribution in [-0.2, 0) is 5.41 Å². The van der Waals surface area contributed by atoms with Gasteiger partial charge in [0.25, 0.3) is 0 Å². The highest BCUT2D eigenvalue weighted by Crippen LogP contribution is 2.45. The van der Waals surface area contributed by atoms with Gasteiger partial charge in [-0.15, -0.1) is 0 Å². The first kappa shape index (κ1) is 34.7. The third kappa shape index (κ3) is 4.75. The third-order valence-corrected chi connectivity index (χ3v) is 14.0. The molecule has 284 valence electrons. The van der Waals surface area contributed by atoms with E-state index in [1.165, 1.54) is 121 Å². The van der Waals surface area contributed by atoms with Crippen molar-refractivity contribution in [2.45, 2.75) is 26.2 Å². The van der Waals surface area contributed by atoms with Crippen molar-refractivity contribution in [2.75, 3.05) is 0 Å². The first-order valence-electron chi connectivity index (χ1n) is 21.8. The SMILES string of the molecule is CC(C)(C)c1cc2c3c4c1-c1ccccc1-c1cccc(-c5ccccc5)c1B4c1cccc4c5cccc(c5n-3c14)B2c1c(-c2ccccc2)cccc1-c1ccccc1. The molecule has 4 heterocycles. The Bertz CT molecular complexity index is 3390. The Balaban J connectivity index is 1.28. The number of hydrogen-bond donors (Lipinski definition) is 0. The summed E-state index contributed by atoms with van der Waals surface area (Å²) in [5.41, 5.74) is 26.5. The van der Waals surface area contributed by atoms with Crippen LogP contribution >= 0.6 is 0 Å². The predicted octanol–water partition coefficient (Wildman–Crippen LogP) is 10.4. The summed E-state index contributed by atoms with van der Waals surface area (Å²) in [5.74, 6) is 0. The largest absolute Gasteiger partial charge is 0.311 e. The maximum atomic E-state index is 2.72. The molecule has 13 rings (SSSR count). The van der Waals surface area contributed by atoms with Gasteiger partial charge in [0.15, 0.2) is 0 Å². The highest BCUT2D eigenvalue weighted by Gasteiger charge is 2.47. The van der Waals surface area contributed by atoms with Crippen molar-refractivity contribution in [1.82, 2.24) is 4.57 Å². The zero-order chi connectivity index (χ0) is 40.6. The molecule has 0 saturated carbocycles. The highest BCUT2D eigenvalue weighted by molar-refractivity contribution is 7.04. The van der Waals surface area contributed by atoms with E-state index in [1.807, 2.05) is 0 Å². The fourth-order valence-corrected chi connectivity index (χ4v) is 11.7. The van der Waals surface area contributed by atoms with Crippen LogP contribution in [0, 0.1) is 0 Å². The molecule has 0 radical (unpaired) electrons. The number of fused-ring (bicyclic) bond motifs is 7. The van der Waals surface area contributed by atoms with Gasteiger partial charge >= 0.3 is 0 Å². The fraction of sp³-hybridized carbons (Fsp3) is 0.0690. The Kier molecular flexibility index (Phi) is 7.24. The molecule has 0 fully saturated rings. The van der Waals surface area contributed by atoms with E-state index in [-0.39, 0.29) is 18.8 Å². The number of para-hydroxylation sites is 2. The Morgan fingerprint density at radius 1 is 0.361 bits per heavy atom. The number of benzene rings is 9. The van der Waals surface area contributed by atoms with Gasteiger partial charge in [0.05, 0.1) is 0 Å². The minimum atomic E-state index is -0.168. The van der Waals surface area contributed by atoms with Crippen molar-refractivity contribution in [3.05, 3.63) is 200 Å². The molecule has 3 aliphatic heterocycles. The summed E-state index contributed by atoms with van der Waals surface area (Å²) in [7, 11) is 0. The standard InChI is InChI=1S/C58H41B2N/c1-58(2,3)47-35-50-57-54-51(47)43-26-14-13-25-42(43)44-30-16-29-41(38-23-11-6-12-24-38)53(44)60(54)49-34-18-32-46-45-31-17-33-48(55(45)61(57)56(46)49)59(50)52-39(36-19-7-4-8-20-36)27-15-28-40(52)37-21-9-5-10-22-37/h4-35H,1-3H3. The summed E-state index contributed by atoms with van der Waals surface area (Å²) >= 11 is 0. The van der Waals surface area contributed by atoms with Crippen LogP contribution < -0.4 is 32.8 Å². The third-order valence-electron chi connectivity index (χ3n) is 14.0. The van der Waals surface area contributed by atoms with Crippen molar-refractivity contribution >= 4 is 68.0 Å². The molecule has 3 aliphatic rings. The Morgan fingerprint density at radius 2 is 0.787 bits per heavy atom. The van der Waals surface area contributed by atoms with E-state index in [2.05, 4.69) is 219 Å². The van der Waals surface area contributed by atoms with Crippen LogP contribution in [0.25, 0.3) is 83.1 Å². The van der Waals surface area contributed by atoms with Gasteiger partial charge in [0, 0.05) is 27.5 Å². The van der Waals surface area contributed by atoms with Crippen LogP contribution in [0.2, 0.25) is 0 Å². The minimum Gasteiger partial charge on any atom is -0.311 e. The summed E-state index contributed by atoms with van der Waals surface area (Å²) in [4.78, 5) is 0. The molecule has 61 heavy (non-hydrogen) atoms. The van der Waals surface area contributed by atoms with E-state index in [0.29, 0.717) is 0 Å². The average Bonchev–Trinajstić information content (AvgIpc) is 3.58. The highest BCUT2D eigenvalue weighted by atomic mass is 15.0. The summed E-state index contributed by atoms with van der Waals surface area (Å²) in [5, 5.41) is 2.65. The molecule has 0 bridgehead atoms. The molecule has 0 spiro atoms. The van der Waals surface area contributed by atoms with Crippen molar-refractivity contribution in [3.63, 3.8) is 0 Å². The molecule has 1 nitrogen and oxygen atoms in total. The first-order chi connectivity index (χ1) is 30.0. The first-order valence-corrected chi connectivity index (χ1v) is 21.8. The van der Waals surface area contributed by atoms with Gasteiger partial charge in [-0.2, -0.15) is 0 Å². The maximum Gasteiger partial charge on any atom is 0.249 e. The summed E-state index contributed by atoms with van der Waals surface area (Å²) in [6.45, 7) is 7.21. The van der Waals surface area contributed by atoms with E-state index >= 15 is 0 Å². The lowest BCUT2D eigenvalue weighted by molar-refractivity contribution is 0.593. The van der Waals surface area contributed by atoms with Gasteiger partial charge in [-0.25, -0.2) is 0 Å².